The molecular weight excluding hydrogens is 400 g/mol. The minimum Gasteiger partial charge on any atom is -0.494 e. The summed E-state index contributed by atoms with van der Waals surface area (Å²) in [6, 6.07) is 9.16. The quantitative estimate of drug-likeness (QED) is 0.321. The Labute approximate surface area is 205 Å². The number of hydrogen-bond acceptors (Lipinski definition) is 1. The molecule has 0 unspecified atom stereocenters. The summed E-state index contributed by atoms with van der Waals surface area (Å²) < 4.78 is 5.98. The molecule has 3 fully saturated rings. The van der Waals surface area contributed by atoms with Crippen LogP contribution in [0.4, 0.5) is 0 Å². The van der Waals surface area contributed by atoms with E-state index in [-0.39, 0.29) is 0 Å². The lowest BCUT2D eigenvalue weighted by Crippen LogP contribution is -2.29. The van der Waals surface area contributed by atoms with Crippen LogP contribution in [0.2, 0.25) is 0 Å². The first-order chi connectivity index (χ1) is 16.2. The van der Waals surface area contributed by atoms with Gasteiger partial charge in [-0.1, -0.05) is 64.5 Å². The number of ether oxygens (including phenoxy) is 1. The summed E-state index contributed by atoms with van der Waals surface area (Å²) in [4.78, 5) is 0. The highest BCUT2D eigenvalue weighted by atomic mass is 16.5. The van der Waals surface area contributed by atoms with Crippen molar-refractivity contribution in [2.75, 3.05) is 6.61 Å². The average molecular weight is 453 g/mol. The highest BCUT2D eigenvalue weighted by molar-refractivity contribution is 5.29. The maximum Gasteiger partial charge on any atom is 0.119 e. The van der Waals surface area contributed by atoms with Gasteiger partial charge in [0.05, 0.1) is 6.61 Å². The molecule has 0 radical (unpaired) electrons. The van der Waals surface area contributed by atoms with Gasteiger partial charge in [0.2, 0.25) is 0 Å². The number of benzene rings is 1. The molecule has 0 saturated heterocycles. The molecule has 3 aliphatic carbocycles. The molecule has 186 valence electrons. The molecule has 0 spiro atoms. The van der Waals surface area contributed by atoms with E-state index in [9.17, 15) is 0 Å². The van der Waals surface area contributed by atoms with Crippen molar-refractivity contribution >= 4 is 0 Å². The van der Waals surface area contributed by atoms with Crippen LogP contribution in [0.15, 0.2) is 24.3 Å². The summed E-state index contributed by atoms with van der Waals surface area (Å²) in [5.74, 6) is 7.05. The topological polar surface area (TPSA) is 9.23 Å². The lowest BCUT2D eigenvalue weighted by molar-refractivity contribution is 0.112. The van der Waals surface area contributed by atoms with Gasteiger partial charge in [0.25, 0.3) is 0 Å². The van der Waals surface area contributed by atoms with Crippen LogP contribution in [0.3, 0.4) is 0 Å². The maximum atomic E-state index is 5.98. The zero-order valence-corrected chi connectivity index (χ0v) is 21.9. The van der Waals surface area contributed by atoms with Gasteiger partial charge in [-0.05, 0) is 124 Å². The first-order valence-electron chi connectivity index (χ1n) is 15.0. The molecule has 0 amide bonds. The van der Waals surface area contributed by atoms with Crippen molar-refractivity contribution < 1.29 is 4.74 Å². The van der Waals surface area contributed by atoms with Crippen LogP contribution in [-0.2, 0) is 0 Å². The molecule has 3 saturated carbocycles. The Kier molecular flexibility index (Phi) is 10.0. The average Bonchev–Trinajstić information content (AvgIpc) is 2.87. The second-order valence-corrected chi connectivity index (χ2v) is 12.1. The van der Waals surface area contributed by atoms with Gasteiger partial charge >= 0.3 is 0 Å². The largest absolute Gasteiger partial charge is 0.494 e. The van der Waals surface area contributed by atoms with Crippen LogP contribution in [-0.4, -0.2) is 6.61 Å². The molecule has 1 heteroatoms. The fraction of sp³-hybridized carbons (Fsp3) is 0.812. The second kappa shape index (κ2) is 13.2. The van der Waals surface area contributed by atoms with E-state index < -0.39 is 0 Å². The molecule has 1 aromatic rings. The number of unbranched alkanes of at least 4 members (excludes halogenated alkanes) is 4. The van der Waals surface area contributed by atoms with Crippen molar-refractivity contribution in [1.82, 2.24) is 0 Å². The van der Waals surface area contributed by atoms with Crippen LogP contribution in [0.25, 0.3) is 0 Å². The second-order valence-electron chi connectivity index (χ2n) is 12.1. The van der Waals surface area contributed by atoms with Crippen molar-refractivity contribution in [3.8, 4) is 5.75 Å². The molecule has 0 aromatic heterocycles. The highest BCUT2D eigenvalue weighted by Crippen LogP contribution is 2.47. The van der Waals surface area contributed by atoms with Crippen LogP contribution >= 0.6 is 0 Å². The van der Waals surface area contributed by atoms with Gasteiger partial charge in [0.15, 0.2) is 0 Å². The van der Waals surface area contributed by atoms with Crippen LogP contribution in [0, 0.1) is 29.6 Å². The van der Waals surface area contributed by atoms with Crippen LogP contribution < -0.4 is 4.74 Å². The molecule has 0 heterocycles. The van der Waals surface area contributed by atoms with E-state index in [0.29, 0.717) is 0 Å². The van der Waals surface area contributed by atoms with Crippen molar-refractivity contribution in [3.63, 3.8) is 0 Å². The van der Waals surface area contributed by atoms with Gasteiger partial charge in [-0.3, -0.25) is 0 Å². The zero-order valence-electron chi connectivity index (χ0n) is 21.9. The van der Waals surface area contributed by atoms with E-state index in [1.807, 2.05) is 0 Å². The Morgan fingerprint density at radius 2 is 1.09 bits per heavy atom. The molecular formula is C32H52O. The van der Waals surface area contributed by atoms with Gasteiger partial charge in [0, 0.05) is 0 Å². The van der Waals surface area contributed by atoms with E-state index in [1.54, 1.807) is 18.4 Å². The normalized spacial score (nSPS) is 33.0. The van der Waals surface area contributed by atoms with Crippen molar-refractivity contribution in [3.05, 3.63) is 29.8 Å². The molecule has 1 aromatic carbocycles. The Morgan fingerprint density at radius 3 is 1.64 bits per heavy atom. The van der Waals surface area contributed by atoms with E-state index in [2.05, 4.69) is 38.1 Å². The lowest BCUT2D eigenvalue weighted by atomic mass is 9.65. The van der Waals surface area contributed by atoms with Crippen LogP contribution in [0.1, 0.15) is 134 Å². The van der Waals surface area contributed by atoms with E-state index in [1.165, 1.54) is 96.3 Å². The summed E-state index contributed by atoms with van der Waals surface area (Å²) in [6.45, 7) is 5.60. The van der Waals surface area contributed by atoms with Gasteiger partial charge in [-0.2, -0.15) is 0 Å². The Bertz CT molecular complexity index is 640. The Hall–Kier alpha value is -0.980. The molecule has 3 aliphatic rings. The molecule has 4 rings (SSSR count). The lowest BCUT2D eigenvalue weighted by Gasteiger charge is -2.41. The maximum absolute atomic E-state index is 5.98. The minimum atomic E-state index is 0.782. The van der Waals surface area contributed by atoms with E-state index in [0.717, 1.165) is 47.9 Å². The fourth-order valence-electron chi connectivity index (χ4n) is 7.50. The number of hydrogen-bond donors (Lipinski definition) is 0. The predicted octanol–water partition coefficient (Wildman–Crippen LogP) is 9.94. The smallest absolute Gasteiger partial charge is 0.119 e. The summed E-state index contributed by atoms with van der Waals surface area (Å²) in [7, 11) is 0. The number of rotatable bonds is 10. The summed E-state index contributed by atoms with van der Waals surface area (Å²) in [6.07, 6.45) is 24.5. The molecule has 0 bridgehead atoms. The SMILES string of the molecule is CCCCCCCOc1ccc(C2CCC(C3CCC(C4CCC(C)CC4)CC3)CC2)cc1. The van der Waals surface area contributed by atoms with Crippen molar-refractivity contribution in [2.24, 2.45) is 29.6 Å². The van der Waals surface area contributed by atoms with E-state index in [4.69, 9.17) is 4.74 Å². The summed E-state index contributed by atoms with van der Waals surface area (Å²) >= 11 is 0. The van der Waals surface area contributed by atoms with Gasteiger partial charge in [-0.15, -0.1) is 0 Å². The third-order valence-corrected chi connectivity index (χ3v) is 9.85. The minimum absolute atomic E-state index is 0.782. The van der Waals surface area contributed by atoms with E-state index >= 15 is 0 Å². The third kappa shape index (κ3) is 7.50. The molecule has 1 nitrogen and oxygen atoms in total. The molecule has 0 aliphatic heterocycles. The summed E-state index contributed by atoms with van der Waals surface area (Å²) in [5, 5.41) is 0. The molecule has 0 N–H and O–H groups in total. The van der Waals surface area contributed by atoms with Gasteiger partial charge in [-0.25, -0.2) is 0 Å². The monoisotopic (exact) mass is 452 g/mol. The Balaban J connectivity index is 1.14. The third-order valence-electron chi connectivity index (χ3n) is 9.85. The van der Waals surface area contributed by atoms with Crippen LogP contribution in [0.5, 0.6) is 5.75 Å². The standard InChI is InChI=1S/C32H52O/c1-3-4-5-6-7-24-33-32-22-20-31(21-23-32)30-18-16-29(17-19-30)28-14-12-27(13-15-28)26-10-8-25(2)9-11-26/h20-23,25-30H,3-19,24H2,1-2H3. The zero-order chi connectivity index (χ0) is 22.9. The van der Waals surface area contributed by atoms with Gasteiger partial charge in [0.1, 0.15) is 5.75 Å². The first kappa shape index (κ1) is 25.1. The van der Waals surface area contributed by atoms with Gasteiger partial charge < -0.3 is 4.74 Å². The summed E-state index contributed by atoms with van der Waals surface area (Å²) in [5.41, 5.74) is 1.55. The molecule has 0 atom stereocenters. The fourth-order valence-corrected chi connectivity index (χ4v) is 7.50. The molecule has 33 heavy (non-hydrogen) atoms. The predicted molar refractivity (Wildman–Crippen MR) is 142 cm³/mol. The van der Waals surface area contributed by atoms with Crippen molar-refractivity contribution in [1.29, 1.82) is 0 Å². The highest BCUT2D eigenvalue weighted by Gasteiger charge is 2.34. The Morgan fingerprint density at radius 1 is 0.606 bits per heavy atom. The van der Waals surface area contributed by atoms with Crippen molar-refractivity contribution in [2.45, 2.75) is 129 Å². The first-order valence-corrected chi connectivity index (χ1v) is 15.0.